The van der Waals surface area contributed by atoms with Crippen LogP contribution in [-0.4, -0.2) is 55.8 Å². The van der Waals surface area contributed by atoms with E-state index < -0.39 is 0 Å². The maximum absolute atomic E-state index is 5.51. The molecule has 1 fully saturated rings. The Hall–Kier alpha value is -2.60. The van der Waals surface area contributed by atoms with E-state index in [1.165, 1.54) is 5.56 Å². The molecule has 1 aromatic heterocycles. The van der Waals surface area contributed by atoms with Gasteiger partial charge in [-0.15, -0.1) is 0 Å². The molecule has 1 N–H and O–H groups in total. The zero-order chi connectivity index (χ0) is 19.6. The molecule has 0 radical (unpaired) electrons. The van der Waals surface area contributed by atoms with E-state index in [0.717, 1.165) is 37.6 Å². The summed E-state index contributed by atoms with van der Waals surface area (Å²) in [5.41, 5.74) is 2.47. The Labute approximate surface area is 167 Å². The fourth-order valence-corrected chi connectivity index (χ4v) is 3.36. The second-order valence-corrected chi connectivity index (χ2v) is 6.86. The zero-order valence-corrected chi connectivity index (χ0v) is 16.8. The molecule has 1 atom stereocenters. The summed E-state index contributed by atoms with van der Waals surface area (Å²) in [5.74, 6) is 2.15. The first-order chi connectivity index (χ1) is 13.8. The number of nitrogens with one attached hydrogen (secondary N) is 1. The number of ether oxygens (including phenoxy) is 2. The van der Waals surface area contributed by atoms with E-state index in [2.05, 4.69) is 52.5 Å². The molecule has 1 unspecified atom stereocenters. The molecule has 150 valence electrons. The number of methoxy groups -OCH3 is 1. The number of benzene rings is 1. The van der Waals surface area contributed by atoms with Gasteiger partial charge in [-0.05, 0) is 24.5 Å². The number of guanidine groups is 1. The van der Waals surface area contributed by atoms with Gasteiger partial charge in [-0.2, -0.15) is 0 Å². The van der Waals surface area contributed by atoms with Crippen molar-refractivity contribution in [3.63, 3.8) is 0 Å². The summed E-state index contributed by atoms with van der Waals surface area (Å²) in [6, 6.07) is 14.7. The fraction of sp³-hybridized carbons (Fsp3) is 0.455. The SMILES string of the molecule is CCNC(=NCc1ccc(OCCOC)nc1)N1CCC(c2ccccc2)C1. The second-order valence-electron chi connectivity index (χ2n) is 6.86. The predicted octanol–water partition coefficient (Wildman–Crippen LogP) is 3.06. The summed E-state index contributed by atoms with van der Waals surface area (Å²) in [6.45, 7) is 6.64. The minimum atomic E-state index is 0.503. The van der Waals surface area contributed by atoms with Gasteiger partial charge in [0.2, 0.25) is 5.88 Å². The van der Waals surface area contributed by atoms with Gasteiger partial charge >= 0.3 is 0 Å². The number of likely N-dealkylation sites (tertiary alicyclic amines) is 1. The number of hydrogen-bond acceptors (Lipinski definition) is 4. The molecular weight excluding hydrogens is 352 g/mol. The molecular formula is C22H30N4O2. The summed E-state index contributed by atoms with van der Waals surface area (Å²) in [7, 11) is 1.66. The van der Waals surface area contributed by atoms with Crippen molar-refractivity contribution in [2.75, 3.05) is 40.0 Å². The van der Waals surface area contributed by atoms with Crippen molar-refractivity contribution in [3.05, 3.63) is 59.8 Å². The lowest BCUT2D eigenvalue weighted by molar-refractivity contribution is 0.143. The Morgan fingerprint density at radius 3 is 2.79 bits per heavy atom. The van der Waals surface area contributed by atoms with Crippen LogP contribution >= 0.6 is 0 Å². The number of hydrogen-bond donors (Lipinski definition) is 1. The molecule has 2 heterocycles. The third-order valence-corrected chi connectivity index (χ3v) is 4.84. The van der Waals surface area contributed by atoms with Gasteiger partial charge in [-0.1, -0.05) is 36.4 Å². The number of aliphatic imine (C=N–C) groups is 1. The summed E-state index contributed by atoms with van der Waals surface area (Å²) < 4.78 is 10.5. The standard InChI is InChI=1S/C22H30N4O2/c1-3-23-22(26-12-11-20(17-26)19-7-5-4-6-8-19)25-16-18-9-10-21(24-15-18)28-14-13-27-2/h4-10,15,20H,3,11-14,16-17H2,1-2H3,(H,23,25). The molecule has 0 amide bonds. The number of rotatable bonds is 8. The Morgan fingerprint density at radius 2 is 2.07 bits per heavy atom. The molecule has 0 aliphatic carbocycles. The van der Waals surface area contributed by atoms with Crippen molar-refractivity contribution >= 4 is 5.96 Å². The molecule has 6 heteroatoms. The van der Waals surface area contributed by atoms with Crippen molar-refractivity contribution < 1.29 is 9.47 Å². The van der Waals surface area contributed by atoms with E-state index >= 15 is 0 Å². The van der Waals surface area contributed by atoms with Gasteiger partial charge in [-0.25, -0.2) is 9.98 Å². The first-order valence-corrected chi connectivity index (χ1v) is 9.95. The monoisotopic (exact) mass is 382 g/mol. The Bertz CT molecular complexity index is 734. The molecule has 1 saturated heterocycles. The highest BCUT2D eigenvalue weighted by Gasteiger charge is 2.25. The minimum absolute atomic E-state index is 0.503. The fourth-order valence-electron chi connectivity index (χ4n) is 3.36. The minimum Gasteiger partial charge on any atom is -0.475 e. The lowest BCUT2D eigenvalue weighted by Gasteiger charge is -2.21. The summed E-state index contributed by atoms with van der Waals surface area (Å²) >= 11 is 0. The average molecular weight is 383 g/mol. The number of nitrogens with zero attached hydrogens (tertiary/aromatic N) is 3. The van der Waals surface area contributed by atoms with Crippen LogP contribution in [0, 0.1) is 0 Å². The first kappa shape index (κ1) is 20.1. The summed E-state index contributed by atoms with van der Waals surface area (Å²) in [5, 5.41) is 3.43. The van der Waals surface area contributed by atoms with Gasteiger partial charge in [0.1, 0.15) is 6.61 Å². The van der Waals surface area contributed by atoms with Crippen LogP contribution in [0.25, 0.3) is 0 Å². The van der Waals surface area contributed by atoms with Gasteiger partial charge in [0.15, 0.2) is 5.96 Å². The van der Waals surface area contributed by atoms with Crippen molar-refractivity contribution in [1.29, 1.82) is 0 Å². The number of pyridine rings is 1. The van der Waals surface area contributed by atoms with Crippen LogP contribution in [0.5, 0.6) is 5.88 Å². The predicted molar refractivity (Wildman–Crippen MR) is 112 cm³/mol. The van der Waals surface area contributed by atoms with E-state index in [1.807, 2.05) is 18.3 Å². The lowest BCUT2D eigenvalue weighted by atomic mass is 9.99. The van der Waals surface area contributed by atoms with Gasteiger partial charge in [0.25, 0.3) is 0 Å². The Morgan fingerprint density at radius 1 is 1.21 bits per heavy atom. The molecule has 0 bridgehead atoms. The highest BCUT2D eigenvalue weighted by atomic mass is 16.5. The average Bonchev–Trinajstić information content (AvgIpc) is 3.23. The first-order valence-electron chi connectivity index (χ1n) is 9.95. The molecule has 2 aromatic rings. The van der Waals surface area contributed by atoms with Crippen LogP contribution in [0.2, 0.25) is 0 Å². The van der Waals surface area contributed by atoms with Crippen LogP contribution in [0.15, 0.2) is 53.7 Å². The van der Waals surface area contributed by atoms with E-state index in [1.54, 1.807) is 7.11 Å². The van der Waals surface area contributed by atoms with Crippen molar-refractivity contribution in [2.24, 2.45) is 4.99 Å². The van der Waals surface area contributed by atoms with Gasteiger partial charge in [0, 0.05) is 44.9 Å². The Kier molecular flexibility index (Phi) is 7.67. The topological polar surface area (TPSA) is 59.0 Å². The van der Waals surface area contributed by atoms with Crippen molar-refractivity contribution in [3.8, 4) is 5.88 Å². The van der Waals surface area contributed by atoms with E-state index in [0.29, 0.717) is 31.6 Å². The third-order valence-electron chi connectivity index (χ3n) is 4.84. The van der Waals surface area contributed by atoms with E-state index in [4.69, 9.17) is 14.5 Å². The van der Waals surface area contributed by atoms with Crippen LogP contribution < -0.4 is 10.1 Å². The highest BCUT2D eigenvalue weighted by Crippen LogP contribution is 2.27. The van der Waals surface area contributed by atoms with Gasteiger partial charge in [0.05, 0.1) is 13.2 Å². The lowest BCUT2D eigenvalue weighted by Crippen LogP contribution is -2.40. The van der Waals surface area contributed by atoms with E-state index in [9.17, 15) is 0 Å². The smallest absolute Gasteiger partial charge is 0.213 e. The van der Waals surface area contributed by atoms with Crippen LogP contribution in [-0.2, 0) is 11.3 Å². The molecule has 6 nitrogen and oxygen atoms in total. The molecule has 1 aromatic carbocycles. The van der Waals surface area contributed by atoms with Gasteiger partial charge in [-0.3, -0.25) is 0 Å². The van der Waals surface area contributed by atoms with Crippen LogP contribution in [0.3, 0.4) is 0 Å². The summed E-state index contributed by atoms with van der Waals surface area (Å²) in [6.07, 6.45) is 2.98. The molecule has 1 aliphatic heterocycles. The maximum atomic E-state index is 5.51. The van der Waals surface area contributed by atoms with Crippen molar-refractivity contribution in [1.82, 2.24) is 15.2 Å². The van der Waals surface area contributed by atoms with Crippen LogP contribution in [0.1, 0.15) is 30.4 Å². The molecule has 28 heavy (non-hydrogen) atoms. The summed E-state index contributed by atoms with van der Waals surface area (Å²) in [4.78, 5) is 11.5. The van der Waals surface area contributed by atoms with Crippen LogP contribution in [0.4, 0.5) is 0 Å². The second kappa shape index (κ2) is 10.7. The van der Waals surface area contributed by atoms with E-state index in [-0.39, 0.29) is 0 Å². The highest BCUT2D eigenvalue weighted by molar-refractivity contribution is 5.80. The Balaban J connectivity index is 1.58. The quantitative estimate of drug-likeness (QED) is 0.432. The number of aromatic nitrogens is 1. The zero-order valence-electron chi connectivity index (χ0n) is 16.8. The third kappa shape index (κ3) is 5.70. The largest absolute Gasteiger partial charge is 0.475 e. The molecule has 1 aliphatic rings. The maximum Gasteiger partial charge on any atom is 0.213 e. The molecule has 0 spiro atoms. The molecule has 3 rings (SSSR count). The van der Waals surface area contributed by atoms with Crippen molar-refractivity contribution in [2.45, 2.75) is 25.8 Å². The molecule has 0 saturated carbocycles. The van der Waals surface area contributed by atoms with Gasteiger partial charge < -0.3 is 19.7 Å². The normalized spacial score (nSPS) is 17.0.